The monoisotopic (exact) mass is 950 g/mol. The topological polar surface area (TPSA) is 71.0 Å². The van der Waals surface area contributed by atoms with E-state index in [-0.39, 0.29) is 21.7 Å². The zero-order valence-electron chi connectivity index (χ0n) is 44.3. The molecule has 2 aromatic heterocycles. The zero-order valence-corrected chi connectivity index (χ0v) is 46.1. The molecular formula is C60H72O6P2. The van der Waals surface area contributed by atoms with Crippen LogP contribution in [0.25, 0.3) is 55.0 Å². The molecule has 0 spiro atoms. The Balaban J connectivity index is 1.49. The summed E-state index contributed by atoms with van der Waals surface area (Å²) >= 11 is 0. The average molecular weight is 951 g/mol. The molecule has 0 bridgehead atoms. The second kappa shape index (κ2) is 17.3. The first-order valence-electron chi connectivity index (χ1n) is 24.0. The minimum atomic E-state index is -2.10. The Labute approximate surface area is 406 Å². The maximum Gasteiger partial charge on any atom is 0.453 e. The Hall–Kier alpha value is -5.28. The molecule has 0 aliphatic carbocycles. The molecule has 0 N–H and O–H groups in total. The SMILES string of the molecule is Cc1cc(-c2cc(C)cc(C(C)(C)C)c2Op2oc3c(C(C)(C)C)cc(C)cc3c3cc(C)cc(C(C)(C)C)c3o2)c(Op2oc3c(C)cc(C)cc3c3cc(C)cc(C)c3o2)c(C(C)(C)C)c1. The highest BCUT2D eigenvalue weighted by molar-refractivity contribution is 7.32. The molecular weight excluding hydrogens is 879 g/mol. The lowest BCUT2D eigenvalue weighted by Crippen LogP contribution is -2.15. The third kappa shape index (κ3) is 9.53. The Morgan fingerprint density at radius 3 is 0.868 bits per heavy atom. The molecule has 6 aromatic carbocycles. The number of fused-ring (bicyclic) bond motifs is 6. The fourth-order valence-electron chi connectivity index (χ4n) is 9.62. The minimum absolute atomic E-state index is 0.235. The van der Waals surface area contributed by atoms with E-state index in [0.29, 0.717) is 11.5 Å². The number of hydrogen-bond acceptors (Lipinski definition) is 6. The van der Waals surface area contributed by atoms with Crippen molar-refractivity contribution in [1.29, 1.82) is 0 Å². The summed E-state index contributed by atoms with van der Waals surface area (Å²) in [6.45, 7) is 43.9. The highest BCUT2D eigenvalue weighted by atomic mass is 31.1. The lowest BCUT2D eigenvalue weighted by Gasteiger charge is -2.28. The van der Waals surface area contributed by atoms with E-state index >= 15 is 0 Å². The van der Waals surface area contributed by atoms with E-state index in [0.717, 1.165) is 122 Å². The van der Waals surface area contributed by atoms with Crippen molar-refractivity contribution < 1.29 is 25.8 Å². The van der Waals surface area contributed by atoms with E-state index in [9.17, 15) is 0 Å². The molecule has 0 saturated carbocycles. The van der Waals surface area contributed by atoms with Crippen molar-refractivity contribution in [3.63, 3.8) is 0 Å². The summed E-state index contributed by atoms with van der Waals surface area (Å²) in [7, 11) is -4.12. The molecule has 68 heavy (non-hydrogen) atoms. The van der Waals surface area contributed by atoms with Crippen LogP contribution in [0.1, 0.15) is 150 Å². The predicted molar refractivity (Wildman–Crippen MR) is 289 cm³/mol. The number of benzene rings is 6. The van der Waals surface area contributed by atoms with Crippen LogP contribution in [0.2, 0.25) is 0 Å². The van der Waals surface area contributed by atoms with Gasteiger partial charge in [0.2, 0.25) is 0 Å². The van der Waals surface area contributed by atoms with Crippen LogP contribution >= 0.6 is 16.5 Å². The van der Waals surface area contributed by atoms with Gasteiger partial charge in [0, 0.05) is 54.9 Å². The lowest BCUT2D eigenvalue weighted by atomic mass is 9.80. The molecule has 0 radical (unpaired) electrons. The van der Waals surface area contributed by atoms with Gasteiger partial charge in [0.1, 0.15) is 33.8 Å². The summed E-state index contributed by atoms with van der Waals surface area (Å²) in [6.07, 6.45) is 0. The standard InChI is InChI=1S/C60H72O6P2/c1-33-21-39(7)51-41(23-33)42-24-34(2)22-40(8)52(42)62-67(61-51)63-53-43(25-35(3)29-47(53)57(9,10)11)44-26-36(4)30-48(58(12,13)14)54(44)64-68-65-55-45(27-37(5)31-49(55)59(15,16)17)46-28-38(6)32-50(56(46)66-68)60(18,19)20/h21-32H,1-20H3. The molecule has 6 nitrogen and oxygen atoms in total. The molecule has 0 unspecified atom stereocenters. The van der Waals surface area contributed by atoms with Crippen molar-refractivity contribution in [2.75, 3.05) is 0 Å². The van der Waals surface area contributed by atoms with Gasteiger partial charge in [0.05, 0.1) is 0 Å². The Bertz CT molecular complexity index is 3260. The van der Waals surface area contributed by atoms with Crippen LogP contribution < -0.4 is 9.05 Å². The van der Waals surface area contributed by atoms with Crippen molar-refractivity contribution in [3.8, 4) is 22.6 Å². The molecule has 0 aliphatic heterocycles. The van der Waals surface area contributed by atoms with E-state index in [1.165, 1.54) is 0 Å². The number of rotatable bonds is 5. The molecule has 2 heterocycles. The van der Waals surface area contributed by atoms with Crippen LogP contribution in [0, 0.1) is 55.4 Å². The van der Waals surface area contributed by atoms with Crippen LogP contribution in [-0.2, 0) is 21.7 Å². The highest BCUT2D eigenvalue weighted by Gasteiger charge is 2.32. The Morgan fingerprint density at radius 1 is 0.309 bits per heavy atom. The van der Waals surface area contributed by atoms with Gasteiger partial charge >= 0.3 is 16.5 Å². The summed E-state index contributed by atoms with van der Waals surface area (Å²) in [5.41, 5.74) is 16.9. The van der Waals surface area contributed by atoms with Gasteiger partial charge in [-0.1, -0.05) is 119 Å². The molecule has 0 saturated heterocycles. The average Bonchev–Trinajstić information content (AvgIpc) is 3.44. The Kier molecular flexibility index (Phi) is 12.5. The molecule has 0 aliphatic rings. The first-order valence-corrected chi connectivity index (χ1v) is 26.2. The zero-order chi connectivity index (χ0) is 49.7. The molecule has 358 valence electrons. The lowest BCUT2D eigenvalue weighted by molar-refractivity contribution is 0.469. The van der Waals surface area contributed by atoms with Crippen LogP contribution in [-0.4, -0.2) is 0 Å². The fourth-order valence-corrected chi connectivity index (χ4v) is 12.0. The van der Waals surface area contributed by atoms with E-state index in [1.807, 2.05) is 0 Å². The molecule has 0 fully saturated rings. The van der Waals surface area contributed by atoms with Gasteiger partial charge in [-0.15, -0.1) is 0 Å². The van der Waals surface area contributed by atoms with Gasteiger partial charge in [0.15, 0.2) is 0 Å². The second-order valence-corrected chi connectivity index (χ2v) is 25.7. The number of aryl methyl sites for hydroxylation is 8. The van der Waals surface area contributed by atoms with Crippen molar-refractivity contribution in [2.24, 2.45) is 0 Å². The Morgan fingerprint density at radius 2 is 0.559 bits per heavy atom. The third-order valence-corrected chi connectivity index (χ3v) is 14.9. The maximum absolute atomic E-state index is 7.53. The summed E-state index contributed by atoms with van der Waals surface area (Å²) in [5.74, 6) is 1.37. The van der Waals surface area contributed by atoms with E-state index in [1.54, 1.807) is 0 Å². The third-order valence-electron chi connectivity index (χ3n) is 12.9. The van der Waals surface area contributed by atoms with Gasteiger partial charge < -0.3 is 25.8 Å². The summed E-state index contributed by atoms with van der Waals surface area (Å²) in [5, 5.41) is 4.04. The smallest absolute Gasteiger partial charge is 0.390 e. The van der Waals surface area contributed by atoms with E-state index in [4.69, 9.17) is 25.8 Å². The van der Waals surface area contributed by atoms with Crippen molar-refractivity contribution >= 4 is 60.4 Å². The van der Waals surface area contributed by atoms with Crippen LogP contribution in [0.4, 0.5) is 0 Å². The quantitative estimate of drug-likeness (QED) is 0.171. The normalized spacial score (nSPS) is 12.7. The molecule has 8 aromatic rings. The molecule has 8 rings (SSSR count). The second-order valence-electron chi connectivity index (χ2n) is 23.7. The van der Waals surface area contributed by atoms with Crippen molar-refractivity contribution in [1.82, 2.24) is 0 Å². The van der Waals surface area contributed by atoms with Crippen LogP contribution in [0.5, 0.6) is 11.5 Å². The minimum Gasteiger partial charge on any atom is -0.390 e. The number of hydrogen-bond donors (Lipinski definition) is 0. The van der Waals surface area contributed by atoms with Crippen LogP contribution in [0.15, 0.2) is 89.6 Å². The summed E-state index contributed by atoms with van der Waals surface area (Å²) in [4.78, 5) is 0. The maximum atomic E-state index is 7.53. The van der Waals surface area contributed by atoms with Gasteiger partial charge in [-0.3, -0.25) is 0 Å². The van der Waals surface area contributed by atoms with Crippen LogP contribution in [0.3, 0.4) is 0 Å². The fraction of sp³-hybridized carbons (Fsp3) is 0.400. The molecule has 0 atom stereocenters. The first kappa shape index (κ1) is 49.2. The summed E-state index contributed by atoms with van der Waals surface area (Å²) < 4.78 is 43.4. The van der Waals surface area contributed by atoms with E-state index < -0.39 is 16.5 Å². The van der Waals surface area contributed by atoms with Gasteiger partial charge in [-0.2, -0.15) is 0 Å². The largest absolute Gasteiger partial charge is 0.453 e. The molecule has 0 amide bonds. The molecule has 8 heteroatoms. The first-order chi connectivity index (χ1) is 31.5. The van der Waals surface area contributed by atoms with Crippen molar-refractivity contribution in [2.45, 2.75) is 160 Å². The van der Waals surface area contributed by atoms with E-state index in [2.05, 4.69) is 211 Å². The highest BCUT2D eigenvalue weighted by Crippen LogP contribution is 2.53. The summed E-state index contributed by atoms with van der Waals surface area (Å²) in [6, 6.07) is 26.6. The predicted octanol–water partition coefficient (Wildman–Crippen LogP) is 19.9. The van der Waals surface area contributed by atoms with Gasteiger partial charge in [0.25, 0.3) is 0 Å². The van der Waals surface area contributed by atoms with Gasteiger partial charge in [-0.05, 0) is 158 Å². The van der Waals surface area contributed by atoms with Gasteiger partial charge in [-0.25, -0.2) is 0 Å². The van der Waals surface area contributed by atoms with Crippen molar-refractivity contribution in [3.05, 3.63) is 140 Å².